The maximum atomic E-state index is 13.0. The summed E-state index contributed by atoms with van der Waals surface area (Å²) in [5.74, 6) is 0.725. The molecule has 0 unspecified atom stereocenters. The molecule has 4 rings (SSSR count). The number of rotatable bonds is 6. The van der Waals surface area contributed by atoms with Crippen LogP contribution >= 0.6 is 0 Å². The molecule has 2 aliphatic rings. The van der Waals surface area contributed by atoms with Crippen LogP contribution in [0.4, 0.5) is 0 Å². The fourth-order valence-electron chi connectivity index (χ4n) is 4.11. The first-order chi connectivity index (χ1) is 14.0. The first-order valence-corrected chi connectivity index (χ1v) is 10.1. The Hall–Kier alpha value is -2.86. The molecule has 3 atom stereocenters. The molecular formula is C23H27N3O3. The van der Waals surface area contributed by atoms with E-state index < -0.39 is 6.04 Å². The molecule has 0 bridgehead atoms. The van der Waals surface area contributed by atoms with Gasteiger partial charge in [-0.15, -0.1) is 0 Å². The minimum Gasteiger partial charge on any atom is -0.497 e. The van der Waals surface area contributed by atoms with Gasteiger partial charge in [-0.1, -0.05) is 42.0 Å². The zero-order valence-electron chi connectivity index (χ0n) is 16.9. The average molecular weight is 393 g/mol. The first kappa shape index (κ1) is 19.5. The standard InChI is InChI=1S/C23H27N3O3/c1-15-3-5-17(6-4-15)13-24-18-12-21-22(27)25-20(23(28)26(21)14-18)11-16-7-9-19(29-2)10-8-16/h3-10,18,20-21,24H,11-14H2,1-2H3,(H,25,27)/t18-,20-,21-/m0/s1. The fraction of sp³-hybridized carbons (Fsp3) is 0.391. The van der Waals surface area contributed by atoms with Crippen molar-refractivity contribution in [1.82, 2.24) is 15.5 Å². The van der Waals surface area contributed by atoms with Crippen LogP contribution in [0.15, 0.2) is 48.5 Å². The van der Waals surface area contributed by atoms with Crippen LogP contribution in [0.2, 0.25) is 0 Å². The number of piperazine rings is 1. The Morgan fingerprint density at radius 3 is 2.45 bits per heavy atom. The number of amides is 2. The second-order valence-electron chi connectivity index (χ2n) is 7.92. The van der Waals surface area contributed by atoms with Crippen molar-refractivity contribution in [2.24, 2.45) is 0 Å². The zero-order valence-corrected chi connectivity index (χ0v) is 16.9. The van der Waals surface area contributed by atoms with Gasteiger partial charge < -0.3 is 20.3 Å². The Balaban J connectivity index is 1.37. The molecule has 2 saturated heterocycles. The lowest BCUT2D eigenvalue weighted by Gasteiger charge is -2.34. The monoisotopic (exact) mass is 393 g/mol. The molecule has 0 saturated carbocycles. The van der Waals surface area contributed by atoms with Crippen molar-refractivity contribution in [3.05, 3.63) is 65.2 Å². The third-order valence-electron chi connectivity index (χ3n) is 5.82. The largest absolute Gasteiger partial charge is 0.497 e. The van der Waals surface area contributed by atoms with Crippen molar-refractivity contribution in [1.29, 1.82) is 0 Å². The Morgan fingerprint density at radius 2 is 1.76 bits per heavy atom. The molecule has 2 amide bonds. The predicted molar refractivity (Wildman–Crippen MR) is 111 cm³/mol. The van der Waals surface area contributed by atoms with Gasteiger partial charge >= 0.3 is 0 Å². The van der Waals surface area contributed by atoms with Gasteiger partial charge in [0.05, 0.1) is 7.11 Å². The van der Waals surface area contributed by atoms with Gasteiger partial charge in [0.15, 0.2) is 0 Å². The fourth-order valence-corrected chi connectivity index (χ4v) is 4.11. The van der Waals surface area contributed by atoms with Crippen LogP contribution in [0.1, 0.15) is 23.1 Å². The van der Waals surface area contributed by atoms with E-state index in [-0.39, 0.29) is 23.9 Å². The molecule has 2 fully saturated rings. The van der Waals surface area contributed by atoms with Crippen molar-refractivity contribution in [3.8, 4) is 5.75 Å². The lowest BCUT2D eigenvalue weighted by molar-refractivity contribution is -0.147. The maximum absolute atomic E-state index is 13.0. The lowest BCUT2D eigenvalue weighted by atomic mass is 10.0. The normalized spacial score (nSPS) is 23.7. The van der Waals surface area contributed by atoms with Gasteiger partial charge in [-0.05, 0) is 36.6 Å². The molecule has 6 heteroatoms. The number of carbonyl (C=O) groups is 2. The van der Waals surface area contributed by atoms with Gasteiger partial charge in [0.2, 0.25) is 11.8 Å². The van der Waals surface area contributed by atoms with Gasteiger partial charge in [0.25, 0.3) is 0 Å². The predicted octanol–water partition coefficient (Wildman–Crippen LogP) is 1.80. The van der Waals surface area contributed by atoms with Crippen LogP contribution in [-0.2, 0) is 22.6 Å². The Morgan fingerprint density at radius 1 is 1.07 bits per heavy atom. The topological polar surface area (TPSA) is 70.7 Å². The number of ether oxygens (including phenoxy) is 1. The van der Waals surface area contributed by atoms with E-state index in [0.29, 0.717) is 19.4 Å². The molecule has 2 N–H and O–H groups in total. The van der Waals surface area contributed by atoms with Crippen LogP contribution in [-0.4, -0.2) is 48.5 Å². The van der Waals surface area contributed by atoms with Crippen LogP contribution in [0.5, 0.6) is 5.75 Å². The third-order valence-corrected chi connectivity index (χ3v) is 5.82. The number of carbonyl (C=O) groups excluding carboxylic acids is 2. The van der Waals surface area contributed by atoms with E-state index in [4.69, 9.17) is 4.74 Å². The summed E-state index contributed by atoms with van der Waals surface area (Å²) in [6, 6.07) is 15.2. The van der Waals surface area contributed by atoms with Crippen LogP contribution in [0.3, 0.4) is 0 Å². The molecule has 6 nitrogen and oxygen atoms in total. The molecule has 2 heterocycles. The Kier molecular flexibility index (Phi) is 5.53. The summed E-state index contributed by atoms with van der Waals surface area (Å²) < 4.78 is 5.17. The number of hydrogen-bond acceptors (Lipinski definition) is 4. The smallest absolute Gasteiger partial charge is 0.246 e. The summed E-state index contributed by atoms with van der Waals surface area (Å²) in [4.78, 5) is 27.4. The number of fused-ring (bicyclic) bond motifs is 1. The summed E-state index contributed by atoms with van der Waals surface area (Å²) in [6.07, 6.45) is 1.14. The van der Waals surface area contributed by atoms with Gasteiger partial charge in [0, 0.05) is 25.6 Å². The van der Waals surface area contributed by atoms with E-state index in [1.165, 1.54) is 11.1 Å². The number of nitrogens with one attached hydrogen (secondary N) is 2. The van der Waals surface area contributed by atoms with Gasteiger partial charge in [-0.2, -0.15) is 0 Å². The summed E-state index contributed by atoms with van der Waals surface area (Å²) in [5, 5.41) is 6.43. The summed E-state index contributed by atoms with van der Waals surface area (Å²) in [6.45, 7) is 3.37. The van der Waals surface area contributed by atoms with Gasteiger partial charge in [-0.25, -0.2) is 0 Å². The molecule has 0 spiro atoms. The van der Waals surface area contributed by atoms with Crippen molar-refractivity contribution < 1.29 is 14.3 Å². The van der Waals surface area contributed by atoms with E-state index in [1.807, 2.05) is 24.3 Å². The SMILES string of the molecule is COc1ccc(C[C@@H]2NC(=O)[C@@H]3C[C@H](NCc4ccc(C)cc4)CN3C2=O)cc1. The maximum Gasteiger partial charge on any atom is 0.246 e. The second-order valence-corrected chi connectivity index (χ2v) is 7.92. The molecule has 0 radical (unpaired) electrons. The zero-order chi connectivity index (χ0) is 20.4. The summed E-state index contributed by atoms with van der Waals surface area (Å²) >= 11 is 0. The van der Waals surface area contributed by atoms with Gasteiger partial charge in [-0.3, -0.25) is 9.59 Å². The van der Waals surface area contributed by atoms with Crippen molar-refractivity contribution >= 4 is 11.8 Å². The van der Waals surface area contributed by atoms with E-state index in [2.05, 4.69) is 41.8 Å². The molecule has 152 valence electrons. The minimum atomic E-state index is -0.511. The van der Waals surface area contributed by atoms with E-state index in [9.17, 15) is 9.59 Å². The number of methoxy groups -OCH3 is 1. The molecule has 0 aliphatic carbocycles. The minimum absolute atomic E-state index is 0.00468. The Labute approximate surface area is 171 Å². The van der Waals surface area contributed by atoms with Crippen molar-refractivity contribution in [2.75, 3.05) is 13.7 Å². The van der Waals surface area contributed by atoms with Gasteiger partial charge in [0.1, 0.15) is 17.8 Å². The third kappa shape index (κ3) is 4.27. The average Bonchev–Trinajstić information content (AvgIpc) is 3.17. The number of aryl methyl sites for hydroxylation is 1. The highest BCUT2D eigenvalue weighted by molar-refractivity contribution is 5.97. The second kappa shape index (κ2) is 8.25. The molecular weight excluding hydrogens is 366 g/mol. The molecule has 2 aliphatic heterocycles. The highest BCUT2D eigenvalue weighted by Gasteiger charge is 2.46. The summed E-state index contributed by atoms with van der Waals surface area (Å²) in [5.41, 5.74) is 3.43. The summed E-state index contributed by atoms with van der Waals surface area (Å²) in [7, 11) is 1.62. The van der Waals surface area contributed by atoms with E-state index in [1.54, 1.807) is 12.0 Å². The van der Waals surface area contributed by atoms with E-state index >= 15 is 0 Å². The Bertz CT molecular complexity index is 879. The van der Waals surface area contributed by atoms with Crippen molar-refractivity contribution in [3.63, 3.8) is 0 Å². The van der Waals surface area contributed by atoms with Crippen LogP contribution in [0, 0.1) is 6.92 Å². The van der Waals surface area contributed by atoms with E-state index in [0.717, 1.165) is 17.9 Å². The molecule has 29 heavy (non-hydrogen) atoms. The number of benzene rings is 2. The highest BCUT2D eigenvalue weighted by atomic mass is 16.5. The quantitative estimate of drug-likeness (QED) is 0.785. The number of nitrogens with zero attached hydrogens (tertiary/aromatic N) is 1. The van der Waals surface area contributed by atoms with Crippen LogP contribution in [0.25, 0.3) is 0 Å². The number of hydrogen-bond donors (Lipinski definition) is 2. The van der Waals surface area contributed by atoms with Crippen LogP contribution < -0.4 is 15.4 Å². The molecule has 2 aromatic carbocycles. The van der Waals surface area contributed by atoms with Crippen molar-refractivity contribution in [2.45, 2.75) is 44.4 Å². The highest BCUT2D eigenvalue weighted by Crippen LogP contribution is 2.24. The first-order valence-electron chi connectivity index (χ1n) is 10.1. The molecule has 2 aromatic rings. The lowest BCUT2D eigenvalue weighted by Crippen LogP contribution is -2.61. The molecule has 0 aromatic heterocycles.